The minimum atomic E-state index is -0.301. The molecule has 2 N–H and O–H groups in total. The van der Waals surface area contributed by atoms with Crippen LogP contribution < -0.4 is 5.73 Å². The molecule has 0 aromatic heterocycles. The fraction of sp³-hybridized carbons (Fsp3) is 0.250. The Bertz CT molecular complexity index is 570. The van der Waals surface area contributed by atoms with E-state index in [9.17, 15) is 4.39 Å². The van der Waals surface area contributed by atoms with Crippen molar-refractivity contribution in [1.29, 1.82) is 0 Å². The van der Waals surface area contributed by atoms with Crippen LogP contribution in [0.3, 0.4) is 0 Å². The second kappa shape index (κ2) is 5.25. The van der Waals surface area contributed by atoms with Gasteiger partial charge in [-0.25, -0.2) is 4.39 Å². The number of nitrogen functional groups attached to an aromatic ring is 1. The molecular weight excluding hydrogens is 257 g/mol. The Kier molecular flexibility index (Phi) is 3.85. The molecule has 0 atom stereocenters. The van der Waals surface area contributed by atoms with Gasteiger partial charge in [0.25, 0.3) is 0 Å². The number of hydrogen-bond donors (Lipinski definition) is 1. The van der Waals surface area contributed by atoms with Gasteiger partial charge in [-0.3, -0.25) is 0 Å². The van der Waals surface area contributed by atoms with E-state index < -0.39 is 0 Å². The van der Waals surface area contributed by atoms with Gasteiger partial charge in [0.05, 0.1) is 0 Å². The largest absolute Gasteiger partial charge is 0.398 e. The zero-order valence-electron chi connectivity index (χ0n) is 11.4. The standard InChI is InChI=1S/C16H18FNS/c1-16(2,3)11-4-7-13(8-5-11)19-15-9-6-12(17)10-14(15)18/h4-10H,18H2,1-3H3. The molecule has 0 spiro atoms. The van der Waals surface area contributed by atoms with Crippen molar-refractivity contribution in [2.75, 3.05) is 5.73 Å². The van der Waals surface area contributed by atoms with Gasteiger partial charge < -0.3 is 5.73 Å². The molecule has 0 saturated heterocycles. The van der Waals surface area contributed by atoms with E-state index in [-0.39, 0.29) is 11.2 Å². The lowest BCUT2D eigenvalue weighted by Crippen LogP contribution is -2.10. The molecule has 0 saturated carbocycles. The van der Waals surface area contributed by atoms with E-state index in [2.05, 4.69) is 45.0 Å². The Hall–Kier alpha value is -1.48. The van der Waals surface area contributed by atoms with E-state index in [0.29, 0.717) is 5.69 Å². The van der Waals surface area contributed by atoms with Gasteiger partial charge in [-0.15, -0.1) is 0 Å². The summed E-state index contributed by atoms with van der Waals surface area (Å²) in [5.41, 5.74) is 7.73. The maximum absolute atomic E-state index is 13.0. The lowest BCUT2D eigenvalue weighted by Gasteiger charge is -2.19. The monoisotopic (exact) mass is 275 g/mol. The van der Waals surface area contributed by atoms with Gasteiger partial charge in [0.1, 0.15) is 5.82 Å². The molecule has 0 radical (unpaired) electrons. The van der Waals surface area contributed by atoms with Gasteiger partial charge in [0.2, 0.25) is 0 Å². The van der Waals surface area contributed by atoms with Crippen LogP contribution in [-0.4, -0.2) is 0 Å². The van der Waals surface area contributed by atoms with Crippen LogP contribution in [0.15, 0.2) is 52.3 Å². The van der Waals surface area contributed by atoms with Crippen molar-refractivity contribution >= 4 is 17.4 Å². The lowest BCUT2D eigenvalue weighted by atomic mass is 9.87. The molecule has 2 aromatic rings. The summed E-state index contributed by atoms with van der Waals surface area (Å²) in [6, 6.07) is 12.9. The second-order valence-electron chi connectivity index (χ2n) is 5.56. The molecule has 19 heavy (non-hydrogen) atoms. The van der Waals surface area contributed by atoms with Crippen LogP contribution in [0.2, 0.25) is 0 Å². The number of anilines is 1. The highest BCUT2D eigenvalue weighted by atomic mass is 32.2. The average molecular weight is 275 g/mol. The Morgan fingerprint density at radius 2 is 1.63 bits per heavy atom. The summed E-state index contributed by atoms with van der Waals surface area (Å²) < 4.78 is 13.0. The van der Waals surface area contributed by atoms with E-state index in [4.69, 9.17) is 5.73 Å². The quantitative estimate of drug-likeness (QED) is 0.792. The molecule has 0 aliphatic carbocycles. The van der Waals surface area contributed by atoms with Crippen molar-refractivity contribution in [3.8, 4) is 0 Å². The van der Waals surface area contributed by atoms with Gasteiger partial charge in [-0.05, 0) is 41.3 Å². The smallest absolute Gasteiger partial charge is 0.125 e. The Morgan fingerprint density at radius 3 is 2.16 bits per heavy atom. The van der Waals surface area contributed by atoms with Crippen LogP contribution in [0.1, 0.15) is 26.3 Å². The predicted molar refractivity (Wildman–Crippen MR) is 80.1 cm³/mol. The molecule has 0 aliphatic heterocycles. The number of benzene rings is 2. The molecule has 0 amide bonds. The average Bonchev–Trinajstić information content (AvgIpc) is 2.32. The molecule has 0 aliphatic rings. The fourth-order valence-corrected chi connectivity index (χ4v) is 2.60. The van der Waals surface area contributed by atoms with Crippen molar-refractivity contribution in [2.45, 2.75) is 36.0 Å². The molecule has 0 fully saturated rings. The summed E-state index contributed by atoms with van der Waals surface area (Å²) in [5, 5.41) is 0. The Balaban J connectivity index is 2.20. The maximum atomic E-state index is 13.0. The number of rotatable bonds is 2. The van der Waals surface area contributed by atoms with Crippen LogP contribution in [0.4, 0.5) is 10.1 Å². The Morgan fingerprint density at radius 1 is 1.00 bits per heavy atom. The first kappa shape index (κ1) is 13.9. The molecule has 3 heteroatoms. The first-order chi connectivity index (χ1) is 8.86. The van der Waals surface area contributed by atoms with Crippen molar-refractivity contribution in [2.24, 2.45) is 0 Å². The number of hydrogen-bond acceptors (Lipinski definition) is 2. The van der Waals surface area contributed by atoms with Crippen LogP contribution in [-0.2, 0) is 5.41 Å². The van der Waals surface area contributed by atoms with E-state index in [1.54, 1.807) is 17.8 Å². The molecule has 2 aromatic carbocycles. The summed E-state index contributed by atoms with van der Waals surface area (Å²) in [7, 11) is 0. The van der Waals surface area contributed by atoms with Crippen molar-refractivity contribution in [1.82, 2.24) is 0 Å². The highest BCUT2D eigenvalue weighted by Gasteiger charge is 2.13. The molecule has 0 unspecified atom stereocenters. The zero-order valence-corrected chi connectivity index (χ0v) is 12.2. The van der Waals surface area contributed by atoms with Crippen LogP contribution in [0.25, 0.3) is 0 Å². The van der Waals surface area contributed by atoms with Gasteiger partial charge in [0.15, 0.2) is 0 Å². The third-order valence-electron chi connectivity index (χ3n) is 2.92. The highest BCUT2D eigenvalue weighted by Crippen LogP contribution is 2.33. The fourth-order valence-electron chi connectivity index (χ4n) is 1.76. The van der Waals surface area contributed by atoms with Crippen molar-refractivity contribution < 1.29 is 4.39 Å². The third kappa shape index (κ3) is 3.51. The second-order valence-corrected chi connectivity index (χ2v) is 6.67. The van der Waals surface area contributed by atoms with E-state index in [1.165, 1.54) is 17.7 Å². The summed E-state index contributed by atoms with van der Waals surface area (Å²) >= 11 is 1.55. The van der Waals surface area contributed by atoms with Crippen LogP contribution in [0, 0.1) is 5.82 Å². The van der Waals surface area contributed by atoms with Gasteiger partial charge >= 0.3 is 0 Å². The highest BCUT2D eigenvalue weighted by molar-refractivity contribution is 7.99. The van der Waals surface area contributed by atoms with Gasteiger partial charge in [0, 0.05) is 15.5 Å². The number of halogens is 1. The van der Waals surface area contributed by atoms with Crippen molar-refractivity contribution in [3.63, 3.8) is 0 Å². The molecule has 0 heterocycles. The normalized spacial score (nSPS) is 11.6. The predicted octanol–water partition coefficient (Wildman–Crippen LogP) is 4.86. The Labute approximate surface area is 118 Å². The zero-order chi connectivity index (χ0) is 14.0. The van der Waals surface area contributed by atoms with Gasteiger partial charge in [-0.1, -0.05) is 44.7 Å². The molecule has 100 valence electrons. The summed E-state index contributed by atoms with van der Waals surface area (Å²) in [4.78, 5) is 1.98. The first-order valence-electron chi connectivity index (χ1n) is 6.20. The van der Waals surface area contributed by atoms with E-state index >= 15 is 0 Å². The molecule has 2 rings (SSSR count). The van der Waals surface area contributed by atoms with E-state index in [1.807, 2.05) is 0 Å². The minimum Gasteiger partial charge on any atom is -0.398 e. The SMILES string of the molecule is CC(C)(C)c1ccc(Sc2ccc(F)cc2N)cc1. The van der Waals surface area contributed by atoms with E-state index in [0.717, 1.165) is 9.79 Å². The summed E-state index contributed by atoms with van der Waals surface area (Å²) in [6.45, 7) is 6.56. The van der Waals surface area contributed by atoms with Crippen LogP contribution in [0.5, 0.6) is 0 Å². The number of nitrogens with two attached hydrogens (primary N) is 1. The molecule has 1 nitrogen and oxygen atoms in total. The topological polar surface area (TPSA) is 26.0 Å². The van der Waals surface area contributed by atoms with Gasteiger partial charge in [-0.2, -0.15) is 0 Å². The summed E-state index contributed by atoms with van der Waals surface area (Å²) in [6.07, 6.45) is 0. The lowest BCUT2D eigenvalue weighted by molar-refractivity contribution is 0.590. The minimum absolute atomic E-state index is 0.151. The third-order valence-corrected chi connectivity index (χ3v) is 4.02. The van der Waals surface area contributed by atoms with Crippen molar-refractivity contribution in [3.05, 3.63) is 53.8 Å². The summed E-state index contributed by atoms with van der Waals surface area (Å²) in [5.74, 6) is -0.301. The molecular formula is C16H18FNS. The molecule has 0 bridgehead atoms. The maximum Gasteiger partial charge on any atom is 0.125 e. The van der Waals surface area contributed by atoms with Crippen LogP contribution >= 0.6 is 11.8 Å². The first-order valence-corrected chi connectivity index (χ1v) is 7.01.